The van der Waals surface area contributed by atoms with Crippen molar-refractivity contribution in [2.24, 2.45) is 0 Å². The maximum atomic E-state index is 13.2. The van der Waals surface area contributed by atoms with E-state index < -0.39 is 24.1 Å². The molecule has 0 heterocycles. The Morgan fingerprint density at radius 2 is 1.65 bits per heavy atom. The number of aryl methyl sites for hydroxylation is 1. The Balaban J connectivity index is 1.35. The number of aliphatic hydroxyl groups excluding tert-OH is 2. The van der Waals surface area contributed by atoms with Crippen molar-refractivity contribution in [3.63, 3.8) is 0 Å². The minimum atomic E-state index is -1.26. The van der Waals surface area contributed by atoms with Crippen LogP contribution in [0.4, 0.5) is 9.18 Å². The number of nitrogens with one attached hydrogen (secondary N) is 1. The van der Waals surface area contributed by atoms with Gasteiger partial charge < -0.3 is 20.3 Å². The Morgan fingerprint density at radius 1 is 1.03 bits per heavy atom. The summed E-state index contributed by atoms with van der Waals surface area (Å²) in [4.78, 5) is 12.2. The molecule has 3 aromatic carbocycles. The smallest absolute Gasteiger partial charge is 0.407 e. The van der Waals surface area contributed by atoms with Crippen molar-refractivity contribution in [2.45, 2.75) is 25.0 Å². The van der Waals surface area contributed by atoms with Gasteiger partial charge in [0.2, 0.25) is 0 Å². The van der Waals surface area contributed by atoms with Crippen LogP contribution in [0.2, 0.25) is 0 Å². The summed E-state index contributed by atoms with van der Waals surface area (Å²) in [6.45, 7) is 1.61. The molecule has 4 rings (SSSR count). The number of hydrogen-bond acceptors (Lipinski definition) is 4. The van der Waals surface area contributed by atoms with E-state index in [0.29, 0.717) is 11.1 Å². The predicted molar refractivity (Wildman–Crippen MR) is 115 cm³/mol. The van der Waals surface area contributed by atoms with Gasteiger partial charge in [-0.25, -0.2) is 9.18 Å². The molecular formula is C25H24FNO4. The number of halogens is 1. The second-order valence-corrected chi connectivity index (χ2v) is 7.72. The van der Waals surface area contributed by atoms with Crippen LogP contribution in [-0.4, -0.2) is 35.6 Å². The van der Waals surface area contributed by atoms with Crippen LogP contribution >= 0.6 is 0 Å². The summed E-state index contributed by atoms with van der Waals surface area (Å²) >= 11 is 0. The normalized spacial score (nSPS) is 14.5. The molecule has 2 unspecified atom stereocenters. The molecule has 1 aliphatic rings. The van der Waals surface area contributed by atoms with Crippen molar-refractivity contribution < 1.29 is 24.1 Å². The number of alkyl carbamates (subject to hydrolysis) is 1. The van der Waals surface area contributed by atoms with Gasteiger partial charge in [-0.05, 0) is 52.4 Å². The van der Waals surface area contributed by atoms with Gasteiger partial charge in [0.1, 0.15) is 24.6 Å². The van der Waals surface area contributed by atoms with Gasteiger partial charge in [-0.2, -0.15) is 0 Å². The molecule has 31 heavy (non-hydrogen) atoms. The van der Waals surface area contributed by atoms with Crippen molar-refractivity contribution in [1.82, 2.24) is 5.32 Å². The predicted octanol–water partition coefficient (Wildman–Crippen LogP) is 4.07. The van der Waals surface area contributed by atoms with E-state index in [9.17, 15) is 19.4 Å². The molecule has 0 fully saturated rings. The molecule has 0 aromatic heterocycles. The number of benzene rings is 3. The topological polar surface area (TPSA) is 78.8 Å². The molecule has 5 nitrogen and oxygen atoms in total. The summed E-state index contributed by atoms with van der Waals surface area (Å²) in [6.07, 6.45) is -3.19. The SMILES string of the molecule is Cc1cc(F)ccc1C(O)C(O)CNC(=O)OCC1c2ccccc2-c2ccccc21. The molecule has 0 radical (unpaired) electrons. The summed E-state index contributed by atoms with van der Waals surface area (Å²) in [6, 6.07) is 20.0. The Kier molecular flexibility index (Phi) is 6.02. The fourth-order valence-electron chi connectivity index (χ4n) is 4.13. The molecule has 3 N–H and O–H groups in total. The Morgan fingerprint density at radius 3 is 2.26 bits per heavy atom. The lowest BCUT2D eigenvalue weighted by molar-refractivity contribution is 0.0181. The van der Waals surface area contributed by atoms with Gasteiger partial charge in [-0.3, -0.25) is 0 Å². The third kappa shape index (κ3) is 4.31. The highest BCUT2D eigenvalue weighted by atomic mass is 19.1. The summed E-state index contributed by atoms with van der Waals surface area (Å²) in [5.74, 6) is -0.477. The summed E-state index contributed by atoms with van der Waals surface area (Å²) in [5, 5.41) is 23.1. The number of carbonyl (C=O) groups excluding carboxylic acids is 1. The molecule has 3 aromatic rings. The highest BCUT2D eigenvalue weighted by Gasteiger charge is 2.29. The molecule has 0 bridgehead atoms. The number of ether oxygens (including phenoxy) is 1. The zero-order valence-electron chi connectivity index (χ0n) is 17.1. The van der Waals surface area contributed by atoms with Crippen LogP contribution in [-0.2, 0) is 4.74 Å². The summed E-state index contributed by atoms with van der Waals surface area (Å²) in [7, 11) is 0. The number of rotatable bonds is 6. The Labute approximate surface area is 180 Å². The van der Waals surface area contributed by atoms with Gasteiger partial charge in [0.05, 0.1) is 0 Å². The van der Waals surface area contributed by atoms with Gasteiger partial charge >= 0.3 is 6.09 Å². The first-order chi connectivity index (χ1) is 15.0. The molecule has 0 saturated heterocycles. The van der Waals surface area contributed by atoms with Crippen molar-refractivity contribution in [3.8, 4) is 11.1 Å². The average molecular weight is 421 g/mol. The lowest BCUT2D eigenvalue weighted by Crippen LogP contribution is -2.36. The zero-order valence-corrected chi connectivity index (χ0v) is 17.1. The van der Waals surface area contributed by atoms with Gasteiger partial charge in [-0.15, -0.1) is 0 Å². The van der Waals surface area contributed by atoms with Crippen LogP contribution < -0.4 is 5.32 Å². The molecule has 0 aliphatic heterocycles. The molecule has 0 saturated carbocycles. The van der Waals surface area contributed by atoms with E-state index in [4.69, 9.17) is 4.74 Å². The van der Waals surface area contributed by atoms with Gasteiger partial charge in [0.15, 0.2) is 0 Å². The third-order valence-electron chi connectivity index (χ3n) is 5.71. The Bertz CT molecular complexity index is 1050. The third-order valence-corrected chi connectivity index (χ3v) is 5.71. The second kappa shape index (κ2) is 8.88. The van der Waals surface area contributed by atoms with Crippen LogP contribution in [0.25, 0.3) is 11.1 Å². The summed E-state index contributed by atoms with van der Waals surface area (Å²) in [5.41, 5.74) is 5.43. The highest BCUT2D eigenvalue weighted by molar-refractivity contribution is 5.79. The zero-order chi connectivity index (χ0) is 22.0. The first-order valence-corrected chi connectivity index (χ1v) is 10.2. The first-order valence-electron chi connectivity index (χ1n) is 10.2. The molecule has 160 valence electrons. The van der Waals surface area contributed by atoms with Crippen molar-refractivity contribution in [1.29, 1.82) is 0 Å². The number of aliphatic hydroxyl groups is 2. The van der Waals surface area contributed by atoms with E-state index >= 15 is 0 Å². The molecule has 1 aliphatic carbocycles. The minimum absolute atomic E-state index is 0.0597. The fourth-order valence-corrected chi connectivity index (χ4v) is 4.13. The second-order valence-electron chi connectivity index (χ2n) is 7.72. The van der Waals surface area contributed by atoms with Crippen molar-refractivity contribution >= 4 is 6.09 Å². The monoisotopic (exact) mass is 421 g/mol. The van der Waals surface area contributed by atoms with E-state index in [2.05, 4.69) is 17.4 Å². The van der Waals surface area contributed by atoms with Crippen LogP contribution in [0, 0.1) is 12.7 Å². The van der Waals surface area contributed by atoms with E-state index in [-0.39, 0.29) is 19.1 Å². The van der Waals surface area contributed by atoms with Gasteiger partial charge in [-0.1, -0.05) is 54.6 Å². The largest absolute Gasteiger partial charge is 0.449 e. The van der Waals surface area contributed by atoms with Crippen LogP contribution in [0.5, 0.6) is 0 Å². The maximum Gasteiger partial charge on any atom is 0.407 e. The Hall–Kier alpha value is -3.22. The fraction of sp³-hybridized carbons (Fsp3) is 0.240. The quantitative estimate of drug-likeness (QED) is 0.561. The lowest BCUT2D eigenvalue weighted by atomic mass is 9.98. The van der Waals surface area contributed by atoms with E-state index in [0.717, 1.165) is 22.3 Å². The van der Waals surface area contributed by atoms with Crippen molar-refractivity contribution in [2.75, 3.05) is 13.2 Å². The standard InChI is InChI=1S/C25H24FNO4/c1-15-12-16(26)10-11-17(15)24(29)23(28)13-27-25(30)31-14-22-20-8-4-2-6-18(20)19-7-3-5-9-21(19)22/h2-12,22-24,28-29H,13-14H2,1H3,(H,27,30). The number of amides is 1. The molecule has 6 heteroatoms. The number of carbonyl (C=O) groups is 1. The van der Waals surface area contributed by atoms with Crippen molar-refractivity contribution in [3.05, 3.63) is 94.8 Å². The number of hydrogen-bond donors (Lipinski definition) is 3. The van der Waals surface area contributed by atoms with Crippen LogP contribution in [0.3, 0.4) is 0 Å². The van der Waals surface area contributed by atoms with E-state index in [1.165, 1.54) is 18.2 Å². The molecule has 2 atom stereocenters. The number of fused-ring (bicyclic) bond motifs is 3. The minimum Gasteiger partial charge on any atom is -0.449 e. The van der Waals surface area contributed by atoms with E-state index in [1.807, 2.05) is 36.4 Å². The van der Waals surface area contributed by atoms with Crippen LogP contribution in [0.15, 0.2) is 66.7 Å². The average Bonchev–Trinajstić information content (AvgIpc) is 3.09. The van der Waals surface area contributed by atoms with Gasteiger partial charge in [0, 0.05) is 12.5 Å². The first kappa shape index (κ1) is 21.0. The van der Waals surface area contributed by atoms with Gasteiger partial charge in [0.25, 0.3) is 0 Å². The lowest BCUT2D eigenvalue weighted by Gasteiger charge is -2.20. The maximum absolute atomic E-state index is 13.2. The summed E-state index contributed by atoms with van der Waals surface area (Å²) < 4.78 is 18.7. The molecule has 1 amide bonds. The van der Waals surface area contributed by atoms with Crippen LogP contribution in [0.1, 0.15) is 34.3 Å². The molecule has 0 spiro atoms. The highest BCUT2D eigenvalue weighted by Crippen LogP contribution is 2.44. The van der Waals surface area contributed by atoms with E-state index in [1.54, 1.807) is 6.92 Å². The molecular weight excluding hydrogens is 397 g/mol.